The SMILES string of the molecule is CC(C)N(C)S(=O)(=O)c1ccc(F)c(CNC2CC2)c1. The molecule has 112 valence electrons. The lowest BCUT2D eigenvalue weighted by molar-refractivity contribution is 0.410. The molecule has 1 aliphatic carbocycles. The zero-order chi connectivity index (χ0) is 14.9. The fourth-order valence-electron chi connectivity index (χ4n) is 1.83. The molecule has 1 N–H and O–H groups in total. The number of hydrogen-bond acceptors (Lipinski definition) is 3. The number of nitrogens with one attached hydrogen (secondary N) is 1. The number of rotatable bonds is 6. The maximum absolute atomic E-state index is 13.7. The smallest absolute Gasteiger partial charge is 0.243 e. The monoisotopic (exact) mass is 300 g/mol. The molecule has 0 radical (unpaired) electrons. The van der Waals surface area contributed by atoms with E-state index in [4.69, 9.17) is 0 Å². The quantitative estimate of drug-likeness (QED) is 0.875. The Kier molecular flexibility index (Phi) is 4.46. The Labute approximate surface area is 120 Å². The molecule has 1 saturated carbocycles. The molecule has 1 aliphatic rings. The van der Waals surface area contributed by atoms with Crippen LogP contribution in [0.2, 0.25) is 0 Å². The van der Waals surface area contributed by atoms with E-state index in [-0.39, 0.29) is 16.8 Å². The number of halogens is 1. The first kappa shape index (κ1) is 15.4. The van der Waals surface area contributed by atoms with Crippen LogP contribution in [0, 0.1) is 5.82 Å². The van der Waals surface area contributed by atoms with Crippen LogP contribution in [0.1, 0.15) is 32.3 Å². The summed E-state index contributed by atoms with van der Waals surface area (Å²) in [6, 6.07) is 4.29. The molecule has 6 heteroatoms. The Morgan fingerprint density at radius 3 is 2.60 bits per heavy atom. The molecule has 0 atom stereocenters. The van der Waals surface area contributed by atoms with Crippen molar-refractivity contribution in [3.05, 3.63) is 29.6 Å². The van der Waals surface area contributed by atoms with Crippen molar-refractivity contribution < 1.29 is 12.8 Å². The topological polar surface area (TPSA) is 49.4 Å². The van der Waals surface area contributed by atoms with Gasteiger partial charge in [-0.2, -0.15) is 4.31 Å². The van der Waals surface area contributed by atoms with Gasteiger partial charge in [0.2, 0.25) is 10.0 Å². The summed E-state index contributed by atoms with van der Waals surface area (Å²) in [6.07, 6.45) is 2.21. The van der Waals surface area contributed by atoms with Crippen molar-refractivity contribution in [3.63, 3.8) is 0 Å². The van der Waals surface area contributed by atoms with Gasteiger partial charge >= 0.3 is 0 Å². The van der Waals surface area contributed by atoms with Crippen molar-refractivity contribution in [1.82, 2.24) is 9.62 Å². The molecule has 1 fully saturated rings. The van der Waals surface area contributed by atoms with Gasteiger partial charge in [-0.05, 0) is 44.9 Å². The van der Waals surface area contributed by atoms with Crippen LogP contribution >= 0.6 is 0 Å². The molecule has 0 bridgehead atoms. The average Bonchev–Trinajstić information content (AvgIpc) is 3.20. The minimum absolute atomic E-state index is 0.141. The van der Waals surface area contributed by atoms with Crippen molar-refractivity contribution in [2.75, 3.05) is 7.05 Å². The highest BCUT2D eigenvalue weighted by atomic mass is 32.2. The highest BCUT2D eigenvalue weighted by molar-refractivity contribution is 7.89. The summed E-state index contributed by atoms with van der Waals surface area (Å²) in [5, 5.41) is 3.20. The van der Waals surface area contributed by atoms with E-state index in [1.807, 2.05) is 0 Å². The van der Waals surface area contributed by atoms with E-state index in [9.17, 15) is 12.8 Å². The standard InChI is InChI=1S/C14H21FN2O2S/c1-10(2)17(3)20(18,19)13-6-7-14(15)11(8-13)9-16-12-4-5-12/h6-8,10,12,16H,4-5,9H2,1-3H3. The molecule has 0 heterocycles. The first-order valence-electron chi connectivity index (χ1n) is 6.82. The number of nitrogens with zero attached hydrogens (tertiary/aromatic N) is 1. The highest BCUT2D eigenvalue weighted by Crippen LogP contribution is 2.22. The summed E-state index contributed by atoms with van der Waals surface area (Å²) >= 11 is 0. The second-order valence-electron chi connectivity index (χ2n) is 5.52. The van der Waals surface area contributed by atoms with Crippen LogP contribution in [0.25, 0.3) is 0 Å². The molecule has 0 spiro atoms. The summed E-state index contributed by atoms with van der Waals surface area (Å²) in [4.78, 5) is 0.141. The van der Waals surface area contributed by atoms with Crippen LogP contribution in [0.5, 0.6) is 0 Å². The third-order valence-corrected chi connectivity index (χ3v) is 5.61. The third kappa shape index (κ3) is 3.37. The summed E-state index contributed by atoms with van der Waals surface area (Å²) < 4.78 is 39.8. The molecule has 0 amide bonds. The van der Waals surface area contributed by atoms with Crippen LogP contribution in [0.4, 0.5) is 4.39 Å². The van der Waals surface area contributed by atoms with E-state index in [2.05, 4.69) is 5.32 Å². The molecule has 0 aromatic heterocycles. The summed E-state index contributed by atoms with van der Waals surface area (Å²) in [7, 11) is -2.03. The molecular formula is C14H21FN2O2S. The lowest BCUT2D eigenvalue weighted by atomic mass is 10.2. The van der Waals surface area contributed by atoms with Crippen LogP contribution in [0.15, 0.2) is 23.1 Å². The van der Waals surface area contributed by atoms with E-state index >= 15 is 0 Å². The Morgan fingerprint density at radius 2 is 2.05 bits per heavy atom. The molecule has 0 aliphatic heterocycles. The average molecular weight is 300 g/mol. The van der Waals surface area contributed by atoms with Crippen LogP contribution < -0.4 is 5.32 Å². The van der Waals surface area contributed by atoms with E-state index < -0.39 is 10.0 Å². The fraction of sp³-hybridized carbons (Fsp3) is 0.571. The summed E-state index contributed by atoms with van der Waals surface area (Å²) in [5.74, 6) is -0.371. The summed E-state index contributed by atoms with van der Waals surface area (Å²) in [5.41, 5.74) is 0.398. The Morgan fingerprint density at radius 1 is 1.40 bits per heavy atom. The first-order chi connectivity index (χ1) is 9.32. The minimum Gasteiger partial charge on any atom is -0.310 e. The molecule has 4 nitrogen and oxygen atoms in total. The van der Waals surface area contributed by atoms with Gasteiger partial charge in [-0.25, -0.2) is 12.8 Å². The van der Waals surface area contributed by atoms with Crippen molar-refractivity contribution in [2.45, 2.75) is 50.2 Å². The fourth-order valence-corrected chi connectivity index (χ4v) is 3.25. The number of benzene rings is 1. The Balaban J connectivity index is 2.25. The van der Waals surface area contributed by atoms with E-state index in [0.717, 1.165) is 12.8 Å². The molecule has 1 aromatic carbocycles. The molecule has 2 rings (SSSR count). The molecule has 20 heavy (non-hydrogen) atoms. The van der Waals surface area contributed by atoms with E-state index in [0.29, 0.717) is 18.2 Å². The second-order valence-corrected chi connectivity index (χ2v) is 7.52. The van der Waals surface area contributed by atoms with Gasteiger partial charge in [0.1, 0.15) is 5.82 Å². The van der Waals surface area contributed by atoms with Gasteiger partial charge in [-0.1, -0.05) is 0 Å². The van der Waals surface area contributed by atoms with Crippen molar-refractivity contribution in [2.24, 2.45) is 0 Å². The maximum Gasteiger partial charge on any atom is 0.243 e. The van der Waals surface area contributed by atoms with Crippen LogP contribution in [0.3, 0.4) is 0 Å². The minimum atomic E-state index is -3.56. The second kappa shape index (κ2) is 5.79. The van der Waals surface area contributed by atoms with Gasteiger partial charge in [0, 0.05) is 31.2 Å². The lowest BCUT2D eigenvalue weighted by Gasteiger charge is -2.21. The lowest BCUT2D eigenvalue weighted by Crippen LogP contribution is -2.33. The third-order valence-electron chi connectivity index (χ3n) is 3.58. The van der Waals surface area contributed by atoms with Gasteiger partial charge in [0.25, 0.3) is 0 Å². The van der Waals surface area contributed by atoms with E-state index in [1.165, 1.54) is 29.6 Å². The predicted molar refractivity (Wildman–Crippen MR) is 76.3 cm³/mol. The largest absolute Gasteiger partial charge is 0.310 e. The molecular weight excluding hydrogens is 279 g/mol. The van der Waals surface area contributed by atoms with E-state index in [1.54, 1.807) is 13.8 Å². The first-order valence-corrected chi connectivity index (χ1v) is 8.26. The Bertz CT molecular complexity index is 583. The molecule has 0 unspecified atom stereocenters. The zero-order valence-electron chi connectivity index (χ0n) is 12.1. The molecule has 1 aromatic rings. The van der Waals surface area contributed by atoms with Gasteiger partial charge in [-0.15, -0.1) is 0 Å². The normalized spacial score (nSPS) is 16.1. The molecule has 0 saturated heterocycles. The summed E-state index contributed by atoms with van der Waals surface area (Å²) in [6.45, 7) is 3.97. The van der Waals surface area contributed by atoms with Gasteiger partial charge < -0.3 is 5.32 Å². The highest BCUT2D eigenvalue weighted by Gasteiger charge is 2.25. The predicted octanol–water partition coefficient (Wildman–Crippen LogP) is 2.11. The van der Waals surface area contributed by atoms with Crippen molar-refractivity contribution in [1.29, 1.82) is 0 Å². The van der Waals surface area contributed by atoms with Crippen molar-refractivity contribution >= 4 is 10.0 Å². The number of sulfonamides is 1. The van der Waals surface area contributed by atoms with Crippen molar-refractivity contribution in [3.8, 4) is 0 Å². The Hall–Kier alpha value is -0.980. The van der Waals surface area contributed by atoms with Crippen LogP contribution in [-0.2, 0) is 16.6 Å². The van der Waals surface area contributed by atoms with Gasteiger partial charge in [0.05, 0.1) is 4.90 Å². The number of hydrogen-bond donors (Lipinski definition) is 1. The maximum atomic E-state index is 13.7. The van der Waals surface area contributed by atoms with Gasteiger partial charge in [0.15, 0.2) is 0 Å². The zero-order valence-corrected chi connectivity index (χ0v) is 12.9. The van der Waals surface area contributed by atoms with Gasteiger partial charge in [-0.3, -0.25) is 0 Å². The van der Waals surface area contributed by atoms with Crippen LogP contribution in [-0.4, -0.2) is 31.9 Å².